The Bertz CT molecular complexity index is 597. The molecule has 2 aromatic carbocycles. The lowest BCUT2D eigenvalue weighted by Gasteiger charge is -2.12. The van der Waals surface area contributed by atoms with Crippen LogP contribution in [0.25, 0.3) is 0 Å². The highest BCUT2D eigenvalue weighted by Gasteiger charge is 2.07. The van der Waals surface area contributed by atoms with E-state index < -0.39 is 17.5 Å². The van der Waals surface area contributed by atoms with Crippen LogP contribution in [0, 0.1) is 24.4 Å². The number of hydrogen-bond acceptors (Lipinski definition) is 2. The van der Waals surface area contributed by atoms with Gasteiger partial charge in [-0.1, -0.05) is 0 Å². The summed E-state index contributed by atoms with van der Waals surface area (Å²) in [6.45, 7) is 1.71. The van der Waals surface area contributed by atoms with E-state index in [0.29, 0.717) is 22.6 Å². The maximum atomic E-state index is 13.2. The van der Waals surface area contributed by atoms with E-state index in [-0.39, 0.29) is 0 Å². The Morgan fingerprint density at radius 2 is 1.72 bits per heavy atom. The van der Waals surface area contributed by atoms with Crippen molar-refractivity contribution >= 4 is 17.1 Å². The largest absolute Gasteiger partial charge is 0.398 e. The zero-order valence-electron chi connectivity index (χ0n) is 9.60. The summed E-state index contributed by atoms with van der Waals surface area (Å²) in [5.74, 6) is -2.40. The molecule has 2 aromatic rings. The lowest BCUT2D eigenvalue weighted by atomic mass is 10.1. The van der Waals surface area contributed by atoms with E-state index in [1.165, 1.54) is 18.2 Å². The number of nitrogen functional groups attached to an aromatic ring is 1. The second-order valence-corrected chi connectivity index (χ2v) is 3.92. The fourth-order valence-electron chi connectivity index (χ4n) is 1.56. The van der Waals surface area contributed by atoms with Crippen molar-refractivity contribution in [1.29, 1.82) is 0 Å². The highest BCUT2D eigenvalue weighted by Crippen LogP contribution is 2.26. The van der Waals surface area contributed by atoms with Gasteiger partial charge in [-0.05, 0) is 36.8 Å². The Kier molecular flexibility index (Phi) is 3.14. The Labute approximate surface area is 102 Å². The first kappa shape index (κ1) is 12.3. The van der Waals surface area contributed by atoms with E-state index in [1.807, 2.05) is 0 Å². The van der Waals surface area contributed by atoms with Gasteiger partial charge >= 0.3 is 0 Å². The van der Waals surface area contributed by atoms with Crippen LogP contribution in [0.5, 0.6) is 0 Å². The SMILES string of the molecule is Cc1c(N)cc(F)cc1Nc1ccc(F)c(F)c1. The molecule has 2 nitrogen and oxygen atoms in total. The van der Waals surface area contributed by atoms with Crippen LogP contribution in [-0.2, 0) is 0 Å². The van der Waals surface area contributed by atoms with Crippen molar-refractivity contribution in [3.63, 3.8) is 0 Å². The number of nitrogens with one attached hydrogen (secondary N) is 1. The van der Waals surface area contributed by atoms with Crippen molar-refractivity contribution < 1.29 is 13.2 Å². The van der Waals surface area contributed by atoms with Crippen molar-refractivity contribution in [2.45, 2.75) is 6.92 Å². The third-order valence-corrected chi connectivity index (χ3v) is 2.61. The highest BCUT2D eigenvalue weighted by molar-refractivity contribution is 5.69. The summed E-state index contributed by atoms with van der Waals surface area (Å²) in [5.41, 5.74) is 7.28. The van der Waals surface area contributed by atoms with Gasteiger partial charge in [-0.15, -0.1) is 0 Å². The molecule has 94 valence electrons. The van der Waals surface area contributed by atoms with Crippen LogP contribution in [0.1, 0.15) is 5.56 Å². The minimum absolute atomic E-state index is 0.292. The fourth-order valence-corrected chi connectivity index (χ4v) is 1.56. The van der Waals surface area contributed by atoms with E-state index in [1.54, 1.807) is 6.92 Å². The van der Waals surface area contributed by atoms with E-state index in [0.717, 1.165) is 12.1 Å². The first-order valence-corrected chi connectivity index (χ1v) is 5.25. The average Bonchev–Trinajstić information content (AvgIpc) is 2.30. The number of halogens is 3. The fraction of sp³-hybridized carbons (Fsp3) is 0.0769. The average molecular weight is 252 g/mol. The molecule has 0 saturated heterocycles. The van der Waals surface area contributed by atoms with E-state index in [2.05, 4.69) is 5.32 Å². The van der Waals surface area contributed by atoms with E-state index in [9.17, 15) is 13.2 Å². The van der Waals surface area contributed by atoms with Crippen LogP contribution >= 0.6 is 0 Å². The highest BCUT2D eigenvalue weighted by atomic mass is 19.2. The molecule has 3 N–H and O–H groups in total. The topological polar surface area (TPSA) is 38.0 Å². The summed E-state index contributed by atoms with van der Waals surface area (Å²) in [6, 6.07) is 5.79. The molecule has 0 aliphatic heterocycles. The summed E-state index contributed by atoms with van der Waals surface area (Å²) >= 11 is 0. The molecule has 0 saturated carbocycles. The standard InChI is InChI=1S/C13H11F3N2/c1-7-12(17)4-8(14)5-13(7)18-9-2-3-10(15)11(16)6-9/h2-6,18H,17H2,1H3. The quantitative estimate of drug-likeness (QED) is 0.799. The molecular formula is C13H11F3N2. The maximum Gasteiger partial charge on any atom is 0.160 e. The molecule has 0 heterocycles. The summed E-state index contributed by atoms with van der Waals surface area (Å²) in [7, 11) is 0. The van der Waals surface area contributed by atoms with Crippen molar-refractivity contribution in [2.75, 3.05) is 11.1 Å². The minimum Gasteiger partial charge on any atom is -0.398 e. The van der Waals surface area contributed by atoms with Gasteiger partial charge in [-0.25, -0.2) is 13.2 Å². The van der Waals surface area contributed by atoms with Crippen molar-refractivity contribution in [3.8, 4) is 0 Å². The molecule has 0 fully saturated rings. The number of hydrogen-bond donors (Lipinski definition) is 2. The van der Waals surface area contributed by atoms with Crippen molar-refractivity contribution in [1.82, 2.24) is 0 Å². The Morgan fingerprint density at radius 3 is 2.39 bits per heavy atom. The van der Waals surface area contributed by atoms with Gasteiger partial charge in [0, 0.05) is 23.1 Å². The minimum atomic E-state index is -0.970. The molecule has 0 spiro atoms. The monoisotopic (exact) mass is 252 g/mol. The van der Waals surface area contributed by atoms with Crippen molar-refractivity contribution in [3.05, 3.63) is 53.3 Å². The first-order chi connectivity index (χ1) is 8.47. The lowest BCUT2D eigenvalue weighted by molar-refractivity contribution is 0.509. The normalized spacial score (nSPS) is 10.4. The smallest absolute Gasteiger partial charge is 0.160 e. The Morgan fingerprint density at radius 1 is 1.00 bits per heavy atom. The van der Waals surface area contributed by atoms with Gasteiger partial charge in [-0.2, -0.15) is 0 Å². The number of rotatable bonds is 2. The molecule has 5 heteroatoms. The van der Waals surface area contributed by atoms with Gasteiger partial charge in [0.25, 0.3) is 0 Å². The predicted octanol–water partition coefficient (Wildman–Crippen LogP) is 3.74. The molecule has 0 aromatic heterocycles. The second-order valence-electron chi connectivity index (χ2n) is 3.92. The van der Waals surface area contributed by atoms with E-state index >= 15 is 0 Å². The third kappa shape index (κ3) is 2.40. The van der Waals surface area contributed by atoms with Crippen molar-refractivity contribution in [2.24, 2.45) is 0 Å². The third-order valence-electron chi connectivity index (χ3n) is 2.61. The molecule has 2 rings (SSSR count). The maximum absolute atomic E-state index is 13.2. The van der Waals surface area contributed by atoms with Crippen LogP contribution in [0.15, 0.2) is 30.3 Å². The predicted molar refractivity (Wildman–Crippen MR) is 65.2 cm³/mol. The Hall–Kier alpha value is -2.17. The van der Waals surface area contributed by atoms with Gasteiger partial charge in [0.05, 0.1) is 0 Å². The summed E-state index contributed by atoms with van der Waals surface area (Å²) in [6.07, 6.45) is 0. The van der Waals surface area contributed by atoms with Crippen LogP contribution in [0.3, 0.4) is 0 Å². The molecule has 0 unspecified atom stereocenters. The lowest BCUT2D eigenvalue weighted by Crippen LogP contribution is -1.99. The van der Waals surface area contributed by atoms with E-state index in [4.69, 9.17) is 5.73 Å². The Balaban J connectivity index is 2.36. The summed E-state index contributed by atoms with van der Waals surface area (Å²) in [5, 5.41) is 2.80. The van der Waals surface area contributed by atoms with Gasteiger partial charge in [0.2, 0.25) is 0 Å². The molecular weight excluding hydrogens is 241 g/mol. The van der Waals surface area contributed by atoms with Crippen LogP contribution < -0.4 is 11.1 Å². The van der Waals surface area contributed by atoms with Gasteiger partial charge in [-0.3, -0.25) is 0 Å². The first-order valence-electron chi connectivity index (χ1n) is 5.25. The number of anilines is 3. The van der Waals surface area contributed by atoms with Gasteiger partial charge in [0.1, 0.15) is 5.82 Å². The zero-order chi connectivity index (χ0) is 13.3. The van der Waals surface area contributed by atoms with Crippen LogP contribution in [-0.4, -0.2) is 0 Å². The van der Waals surface area contributed by atoms with Crippen LogP contribution in [0.4, 0.5) is 30.2 Å². The van der Waals surface area contributed by atoms with Crippen LogP contribution in [0.2, 0.25) is 0 Å². The summed E-state index contributed by atoms with van der Waals surface area (Å²) in [4.78, 5) is 0. The van der Waals surface area contributed by atoms with Gasteiger partial charge < -0.3 is 11.1 Å². The molecule has 0 aliphatic carbocycles. The number of benzene rings is 2. The number of nitrogens with two attached hydrogens (primary N) is 1. The second kappa shape index (κ2) is 4.60. The molecule has 0 aliphatic rings. The van der Waals surface area contributed by atoms with Gasteiger partial charge in [0.15, 0.2) is 11.6 Å². The zero-order valence-corrected chi connectivity index (χ0v) is 9.60. The molecule has 0 radical (unpaired) electrons. The molecule has 0 amide bonds. The molecule has 18 heavy (non-hydrogen) atoms. The molecule has 0 bridgehead atoms. The summed E-state index contributed by atoms with van der Waals surface area (Å²) < 4.78 is 39.0. The molecule has 0 atom stereocenters.